The van der Waals surface area contributed by atoms with Crippen LogP contribution in [0, 0.1) is 0 Å². The first kappa shape index (κ1) is 24.4. The van der Waals surface area contributed by atoms with E-state index in [1.54, 1.807) is 12.1 Å². The van der Waals surface area contributed by atoms with E-state index < -0.39 is 15.4 Å². The Balaban J connectivity index is 1.52. The maximum Gasteiger partial charge on any atom is 0.238 e. The maximum atomic E-state index is 13.1. The second-order valence-corrected chi connectivity index (χ2v) is 11.5. The third-order valence-electron chi connectivity index (χ3n) is 7.21. The van der Waals surface area contributed by atoms with Gasteiger partial charge in [-0.3, -0.25) is 9.69 Å². The molecule has 1 amide bonds. The van der Waals surface area contributed by atoms with Crippen molar-refractivity contribution in [2.45, 2.75) is 67.2 Å². The number of likely N-dealkylation sites (tertiary alicyclic amines) is 1. The molecule has 0 atom stereocenters. The Bertz CT molecular complexity index is 1140. The van der Waals surface area contributed by atoms with Crippen LogP contribution in [0.2, 0.25) is 0 Å². The van der Waals surface area contributed by atoms with Crippen molar-refractivity contribution in [2.75, 3.05) is 36.8 Å². The average molecular weight is 487 g/mol. The quantitative estimate of drug-likeness (QED) is 0.635. The number of hydrogen-bond donors (Lipinski definition) is 2. The lowest BCUT2D eigenvalue weighted by molar-refractivity contribution is -0.132. The first-order valence-corrected chi connectivity index (χ1v) is 13.4. The lowest BCUT2D eigenvalue weighted by atomic mass is 9.83. The highest BCUT2D eigenvalue weighted by molar-refractivity contribution is 7.91. The van der Waals surface area contributed by atoms with E-state index in [4.69, 9.17) is 11.5 Å². The first-order chi connectivity index (χ1) is 16.1. The van der Waals surface area contributed by atoms with E-state index in [2.05, 4.69) is 28.7 Å². The summed E-state index contributed by atoms with van der Waals surface area (Å²) in [4.78, 5) is 25.4. The van der Waals surface area contributed by atoms with Crippen molar-refractivity contribution in [1.82, 2.24) is 14.9 Å². The lowest BCUT2D eigenvalue weighted by Gasteiger charge is -2.48. The highest BCUT2D eigenvalue weighted by Gasteiger charge is 2.45. The van der Waals surface area contributed by atoms with Gasteiger partial charge in [0.05, 0.1) is 11.1 Å². The van der Waals surface area contributed by atoms with E-state index in [9.17, 15) is 13.2 Å². The van der Waals surface area contributed by atoms with Crippen molar-refractivity contribution in [3.8, 4) is 0 Å². The summed E-state index contributed by atoms with van der Waals surface area (Å²) in [6, 6.07) is 6.80. The van der Waals surface area contributed by atoms with Crippen LogP contribution in [-0.2, 0) is 14.6 Å². The number of nitrogens with zero attached hydrogens (tertiary/aromatic N) is 4. The van der Waals surface area contributed by atoms with Gasteiger partial charge in [0.1, 0.15) is 16.3 Å². The van der Waals surface area contributed by atoms with Gasteiger partial charge in [-0.25, -0.2) is 13.4 Å². The molecule has 34 heavy (non-hydrogen) atoms. The summed E-state index contributed by atoms with van der Waals surface area (Å²) in [5, 5.41) is 0. The third kappa shape index (κ3) is 4.48. The second-order valence-electron chi connectivity index (χ2n) is 9.58. The molecule has 2 saturated heterocycles. The van der Waals surface area contributed by atoms with Gasteiger partial charge in [0.25, 0.3) is 0 Å². The molecule has 1 aromatic carbocycles. The summed E-state index contributed by atoms with van der Waals surface area (Å²) in [7, 11) is -3.84. The SMILES string of the molecule is CC(C)c1ccc(S(=O)(=O)c2cnc(N3CCC(C(N)=O)(N4CCCCC4)CC3)nc2N)cc1. The molecule has 0 spiro atoms. The largest absolute Gasteiger partial charge is 0.382 e. The van der Waals surface area contributed by atoms with Gasteiger partial charge < -0.3 is 16.4 Å². The molecule has 0 bridgehead atoms. The zero-order valence-electron chi connectivity index (χ0n) is 19.9. The molecule has 2 aliphatic rings. The summed E-state index contributed by atoms with van der Waals surface area (Å²) < 4.78 is 26.3. The molecule has 0 unspecified atom stereocenters. The fraction of sp³-hybridized carbons (Fsp3) is 0.542. The topological polar surface area (TPSA) is 136 Å². The minimum atomic E-state index is -3.84. The summed E-state index contributed by atoms with van der Waals surface area (Å²) >= 11 is 0. The number of nitrogens with two attached hydrogens (primary N) is 2. The van der Waals surface area contributed by atoms with E-state index in [0.717, 1.165) is 31.5 Å². The van der Waals surface area contributed by atoms with Crippen LogP contribution >= 0.6 is 0 Å². The molecule has 1 aromatic heterocycles. The predicted octanol–water partition coefficient (Wildman–Crippen LogP) is 2.33. The number of hydrogen-bond acceptors (Lipinski definition) is 8. The van der Waals surface area contributed by atoms with E-state index >= 15 is 0 Å². The number of carbonyl (C=O) groups excluding carboxylic acids is 1. The number of primary amides is 1. The Morgan fingerprint density at radius 1 is 1.03 bits per heavy atom. The molecule has 0 aliphatic carbocycles. The van der Waals surface area contributed by atoms with Crippen LogP contribution in [0.4, 0.5) is 11.8 Å². The monoisotopic (exact) mass is 486 g/mol. The first-order valence-electron chi connectivity index (χ1n) is 11.9. The van der Waals surface area contributed by atoms with Gasteiger partial charge in [-0.15, -0.1) is 0 Å². The Kier molecular flexibility index (Phi) is 6.82. The van der Waals surface area contributed by atoms with Gasteiger partial charge in [0.15, 0.2) is 0 Å². The summed E-state index contributed by atoms with van der Waals surface area (Å²) in [6.07, 6.45) is 5.77. The highest BCUT2D eigenvalue weighted by atomic mass is 32.2. The minimum absolute atomic E-state index is 0.0827. The molecular formula is C24H34N6O3S. The van der Waals surface area contributed by atoms with E-state index in [1.807, 2.05) is 17.0 Å². The molecule has 3 heterocycles. The van der Waals surface area contributed by atoms with Gasteiger partial charge in [-0.05, 0) is 62.4 Å². The molecule has 0 saturated carbocycles. The van der Waals surface area contributed by atoms with Gasteiger partial charge in [0.2, 0.25) is 21.7 Å². The van der Waals surface area contributed by atoms with Crippen molar-refractivity contribution in [3.63, 3.8) is 0 Å². The standard InChI is InChI=1S/C24H34N6O3S/c1-17(2)18-6-8-19(9-7-18)34(32,33)20-16-27-23(28-21(20)25)29-14-10-24(11-15-29,22(26)31)30-12-4-3-5-13-30/h6-9,16-17H,3-5,10-15H2,1-2H3,(H2,26,31)(H2,25,27,28). The predicted molar refractivity (Wildman–Crippen MR) is 131 cm³/mol. The number of aromatic nitrogens is 2. The third-order valence-corrected chi connectivity index (χ3v) is 9.00. The van der Waals surface area contributed by atoms with E-state index in [0.29, 0.717) is 37.8 Å². The highest BCUT2D eigenvalue weighted by Crippen LogP contribution is 2.33. The molecule has 4 N–H and O–H groups in total. The molecular weight excluding hydrogens is 452 g/mol. The number of benzene rings is 1. The molecule has 2 fully saturated rings. The second kappa shape index (κ2) is 9.50. The van der Waals surface area contributed by atoms with E-state index in [-0.39, 0.29) is 21.5 Å². The molecule has 0 radical (unpaired) electrons. The van der Waals surface area contributed by atoms with Crippen molar-refractivity contribution < 1.29 is 13.2 Å². The molecule has 2 aromatic rings. The van der Waals surface area contributed by atoms with Gasteiger partial charge in [-0.2, -0.15) is 4.98 Å². The number of nitrogen functional groups attached to an aromatic ring is 1. The van der Waals surface area contributed by atoms with Crippen molar-refractivity contribution in [1.29, 1.82) is 0 Å². The average Bonchev–Trinajstić information content (AvgIpc) is 2.84. The van der Waals surface area contributed by atoms with Crippen LogP contribution in [0.15, 0.2) is 40.3 Å². The number of amides is 1. The van der Waals surface area contributed by atoms with Gasteiger partial charge in [0, 0.05) is 13.1 Å². The number of sulfone groups is 1. The Morgan fingerprint density at radius 3 is 2.18 bits per heavy atom. The van der Waals surface area contributed by atoms with Crippen molar-refractivity contribution >= 4 is 27.5 Å². The number of rotatable bonds is 6. The molecule has 10 heteroatoms. The molecule has 4 rings (SSSR count). The van der Waals surface area contributed by atoms with E-state index in [1.165, 1.54) is 12.6 Å². The van der Waals surface area contributed by atoms with Crippen LogP contribution < -0.4 is 16.4 Å². The minimum Gasteiger partial charge on any atom is -0.382 e. The van der Waals surface area contributed by atoms with Gasteiger partial charge in [-0.1, -0.05) is 32.4 Å². The number of carbonyl (C=O) groups is 1. The maximum absolute atomic E-state index is 13.1. The van der Waals surface area contributed by atoms with Crippen molar-refractivity contribution in [2.24, 2.45) is 5.73 Å². The number of anilines is 2. The van der Waals surface area contributed by atoms with Gasteiger partial charge >= 0.3 is 0 Å². The van der Waals surface area contributed by atoms with Crippen LogP contribution in [0.1, 0.15) is 57.4 Å². The Labute approximate surface area is 201 Å². The Morgan fingerprint density at radius 2 is 1.65 bits per heavy atom. The smallest absolute Gasteiger partial charge is 0.238 e. The fourth-order valence-electron chi connectivity index (χ4n) is 5.01. The summed E-state index contributed by atoms with van der Waals surface area (Å²) in [5.41, 5.74) is 12.4. The Hall–Kier alpha value is -2.72. The van der Waals surface area contributed by atoms with Crippen LogP contribution in [0.3, 0.4) is 0 Å². The van der Waals surface area contributed by atoms with Crippen molar-refractivity contribution in [3.05, 3.63) is 36.0 Å². The number of piperidine rings is 2. The normalized spacial score (nSPS) is 19.3. The molecule has 2 aliphatic heterocycles. The molecule has 9 nitrogen and oxygen atoms in total. The van der Waals surface area contributed by atoms with Crippen LogP contribution in [0.5, 0.6) is 0 Å². The lowest BCUT2D eigenvalue weighted by Crippen LogP contribution is -2.63. The van der Waals surface area contributed by atoms with Crippen LogP contribution in [0.25, 0.3) is 0 Å². The zero-order chi connectivity index (χ0) is 24.5. The summed E-state index contributed by atoms with van der Waals surface area (Å²) in [5.74, 6) is 0.306. The van der Waals surface area contributed by atoms with Crippen LogP contribution in [-0.4, -0.2) is 60.9 Å². The molecule has 184 valence electrons. The summed E-state index contributed by atoms with van der Waals surface area (Å²) in [6.45, 7) is 6.96. The fourth-order valence-corrected chi connectivity index (χ4v) is 6.27. The zero-order valence-corrected chi connectivity index (χ0v) is 20.7.